The van der Waals surface area contributed by atoms with Crippen molar-refractivity contribution < 1.29 is 18.1 Å². The van der Waals surface area contributed by atoms with Gasteiger partial charge >= 0.3 is 0 Å². The Morgan fingerprint density at radius 1 is 0.833 bits per heavy atom. The molecule has 30 heavy (non-hydrogen) atoms. The molecular formula is C26H18NO3+. The van der Waals surface area contributed by atoms with E-state index in [2.05, 4.69) is 68.1 Å². The van der Waals surface area contributed by atoms with Crippen molar-refractivity contribution in [3.05, 3.63) is 66.1 Å². The zero-order valence-corrected chi connectivity index (χ0v) is 16.9. The minimum Gasteiger partial charge on any atom is -0.464 e. The molecule has 1 aliphatic heterocycles. The molecule has 1 aliphatic rings. The first-order valence-corrected chi connectivity index (χ1v) is 10.1. The second-order valence-corrected chi connectivity index (χ2v) is 8.18. The van der Waals surface area contributed by atoms with Gasteiger partial charge in [-0.15, -0.1) is 0 Å². The maximum Gasteiger partial charge on any atom is 0.228 e. The fourth-order valence-corrected chi connectivity index (χ4v) is 5.04. The molecule has 0 radical (unpaired) electrons. The van der Waals surface area contributed by atoms with Crippen LogP contribution in [0.25, 0.3) is 54.9 Å². The zero-order valence-electron chi connectivity index (χ0n) is 16.9. The second kappa shape index (κ2) is 5.22. The van der Waals surface area contributed by atoms with Gasteiger partial charge in [0.15, 0.2) is 6.20 Å². The Morgan fingerprint density at radius 2 is 1.73 bits per heavy atom. The molecule has 0 bridgehead atoms. The van der Waals surface area contributed by atoms with Gasteiger partial charge in [-0.05, 0) is 37.6 Å². The molecule has 3 aromatic carbocycles. The number of aryl methyl sites for hydroxylation is 3. The molecular weight excluding hydrogens is 374 g/mol. The summed E-state index contributed by atoms with van der Waals surface area (Å²) in [5.41, 5.74) is 7.16. The number of aromatic nitrogens is 1. The highest BCUT2D eigenvalue weighted by Gasteiger charge is 2.32. The van der Waals surface area contributed by atoms with Gasteiger partial charge in [0.25, 0.3) is 0 Å². The summed E-state index contributed by atoms with van der Waals surface area (Å²) in [7, 11) is 2.08. The van der Waals surface area contributed by atoms with Crippen molar-refractivity contribution in [2.45, 2.75) is 13.8 Å². The van der Waals surface area contributed by atoms with E-state index in [1.165, 1.54) is 0 Å². The van der Waals surface area contributed by atoms with Gasteiger partial charge in [-0.2, -0.15) is 0 Å². The molecule has 0 N–H and O–H groups in total. The molecule has 3 aromatic heterocycles. The number of benzene rings is 3. The summed E-state index contributed by atoms with van der Waals surface area (Å²) in [6.45, 7) is 4.18. The summed E-state index contributed by atoms with van der Waals surface area (Å²) >= 11 is 0. The normalized spacial score (nSPS) is 12.8. The largest absolute Gasteiger partial charge is 0.464 e. The summed E-state index contributed by atoms with van der Waals surface area (Å²) in [6, 6.07) is 14.6. The maximum absolute atomic E-state index is 6.52. The van der Waals surface area contributed by atoms with E-state index in [0.717, 1.165) is 77.6 Å². The number of hydrogen-bond donors (Lipinski definition) is 0. The SMILES string of the molecule is Cc1c2c(cc3ccoc13)Oc1cc3c4cccc(C)c4oc3c3cc[n+](C)c-2c13. The van der Waals surface area contributed by atoms with Crippen molar-refractivity contribution in [3.8, 4) is 22.8 Å². The average molecular weight is 392 g/mol. The Morgan fingerprint density at radius 3 is 2.63 bits per heavy atom. The van der Waals surface area contributed by atoms with Crippen LogP contribution in [0, 0.1) is 13.8 Å². The predicted molar refractivity (Wildman–Crippen MR) is 117 cm³/mol. The number of fused-ring (bicyclic) bond motifs is 7. The van der Waals surface area contributed by atoms with Gasteiger partial charge in [-0.3, -0.25) is 0 Å². The Hall–Kier alpha value is -3.79. The van der Waals surface area contributed by atoms with Crippen LogP contribution in [0.4, 0.5) is 0 Å². The number of furan rings is 2. The molecule has 4 heterocycles. The molecule has 6 aromatic rings. The molecule has 0 atom stereocenters. The van der Waals surface area contributed by atoms with Crippen molar-refractivity contribution in [2.24, 2.45) is 7.05 Å². The van der Waals surface area contributed by atoms with Crippen LogP contribution in [0.1, 0.15) is 11.1 Å². The lowest BCUT2D eigenvalue weighted by atomic mass is 9.93. The Bertz CT molecular complexity index is 1700. The van der Waals surface area contributed by atoms with E-state index in [1.54, 1.807) is 6.26 Å². The quantitative estimate of drug-likeness (QED) is 0.270. The van der Waals surface area contributed by atoms with Crippen molar-refractivity contribution in [1.29, 1.82) is 0 Å². The van der Waals surface area contributed by atoms with Crippen LogP contribution < -0.4 is 9.30 Å². The molecule has 0 saturated carbocycles. The van der Waals surface area contributed by atoms with Gasteiger partial charge in [-0.1, -0.05) is 18.2 Å². The van der Waals surface area contributed by atoms with Crippen LogP contribution in [0.15, 0.2) is 63.8 Å². The van der Waals surface area contributed by atoms with E-state index >= 15 is 0 Å². The Labute approximate surface area is 171 Å². The number of rotatable bonds is 0. The van der Waals surface area contributed by atoms with E-state index in [1.807, 2.05) is 6.07 Å². The third kappa shape index (κ3) is 1.80. The summed E-state index contributed by atoms with van der Waals surface area (Å²) in [5, 5.41) is 5.39. The Kier molecular flexibility index (Phi) is 2.79. The zero-order chi connectivity index (χ0) is 20.1. The van der Waals surface area contributed by atoms with Crippen LogP contribution in [-0.2, 0) is 7.05 Å². The maximum atomic E-state index is 6.52. The molecule has 7 rings (SSSR count). The van der Waals surface area contributed by atoms with E-state index < -0.39 is 0 Å². The second-order valence-electron chi connectivity index (χ2n) is 8.18. The number of hydrogen-bond acceptors (Lipinski definition) is 3. The lowest BCUT2D eigenvalue weighted by molar-refractivity contribution is -0.659. The molecule has 0 saturated heterocycles. The van der Waals surface area contributed by atoms with Crippen molar-refractivity contribution >= 4 is 43.7 Å². The highest BCUT2D eigenvalue weighted by molar-refractivity contribution is 6.20. The number of nitrogens with zero attached hydrogens (tertiary/aromatic N) is 1. The lowest BCUT2D eigenvalue weighted by Gasteiger charge is -2.20. The van der Waals surface area contributed by atoms with E-state index in [-0.39, 0.29) is 0 Å². The Balaban J connectivity index is 1.72. The fraction of sp³-hybridized carbons (Fsp3) is 0.115. The highest BCUT2D eigenvalue weighted by atomic mass is 16.5. The molecule has 0 unspecified atom stereocenters. The molecule has 4 nitrogen and oxygen atoms in total. The van der Waals surface area contributed by atoms with Gasteiger partial charge in [0.05, 0.1) is 11.8 Å². The van der Waals surface area contributed by atoms with E-state index in [4.69, 9.17) is 13.6 Å². The van der Waals surface area contributed by atoms with Crippen LogP contribution in [-0.4, -0.2) is 0 Å². The van der Waals surface area contributed by atoms with E-state index in [9.17, 15) is 0 Å². The number of para-hydroxylation sites is 1. The van der Waals surface area contributed by atoms with Gasteiger partial charge in [0.2, 0.25) is 5.69 Å². The molecule has 4 heteroatoms. The van der Waals surface area contributed by atoms with Crippen LogP contribution in [0.2, 0.25) is 0 Å². The third-order valence-electron chi connectivity index (χ3n) is 6.44. The topological polar surface area (TPSA) is 39.4 Å². The predicted octanol–water partition coefficient (Wildman–Crippen LogP) is 6.70. The molecule has 0 spiro atoms. The summed E-state index contributed by atoms with van der Waals surface area (Å²) < 4.78 is 20.9. The van der Waals surface area contributed by atoms with Gasteiger partial charge < -0.3 is 13.6 Å². The number of ether oxygens (including phenoxy) is 1. The number of pyridine rings is 1. The first-order chi connectivity index (χ1) is 14.6. The molecule has 0 aliphatic carbocycles. The minimum absolute atomic E-state index is 0.861. The monoisotopic (exact) mass is 392 g/mol. The highest BCUT2D eigenvalue weighted by Crippen LogP contribution is 2.51. The van der Waals surface area contributed by atoms with Gasteiger partial charge in [0.1, 0.15) is 40.7 Å². The van der Waals surface area contributed by atoms with Crippen molar-refractivity contribution in [2.75, 3.05) is 0 Å². The van der Waals surface area contributed by atoms with Crippen LogP contribution >= 0.6 is 0 Å². The van der Waals surface area contributed by atoms with E-state index in [0.29, 0.717) is 0 Å². The minimum atomic E-state index is 0.861. The first-order valence-electron chi connectivity index (χ1n) is 10.1. The molecule has 0 fully saturated rings. The first kappa shape index (κ1) is 16.1. The van der Waals surface area contributed by atoms with Crippen molar-refractivity contribution in [1.82, 2.24) is 0 Å². The average Bonchev–Trinajstić information content (AvgIpc) is 3.35. The third-order valence-corrected chi connectivity index (χ3v) is 6.44. The molecule has 144 valence electrons. The van der Waals surface area contributed by atoms with Gasteiger partial charge in [0, 0.05) is 33.2 Å². The lowest BCUT2D eigenvalue weighted by Crippen LogP contribution is -2.31. The summed E-state index contributed by atoms with van der Waals surface area (Å²) in [5.74, 6) is 1.72. The molecule has 0 amide bonds. The summed E-state index contributed by atoms with van der Waals surface area (Å²) in [4.78, 5) is 0. The standard InChI is InChI=1S/C26H18NO3/c1-13-5-4-6-16-18-12-20-22-17(26(18)30-24(13)16)7-9-27(3)23(22)21-14(2)25-15(8-10-28-25)11-19(21)29-20/h4-12H,1-3H3/q+1. The smallest absolute Gasteiger partial charge is 0.228 e. The van der Waals surface area contributed by atoms with Crippen molar-refractivity contribution in [3.63, 3.8) is 0 Å². The fourth-order valence-electron chi connectivity index (χ4n) is 5.04. The van der Waals surface area contributed by atoms with Crippen LogP contribution in [0.3, 0.4) is 0 Å². The van der Waals surface area contributed by atoms with Gasteiger partial charge in [-0.25, -0.2) is 4.57 Å². The van der Waals surface area contributed by atoms with Crippen LogP contribution in [0.5, 0.6) is 11.5 Å². The summed E-state index contributed by atoms with van der Waals surface area (Å²) in [6.07, 6.45) is 3.83.